The second-order valence-electron chi connectivity index (χ2n) is 6.60. The van der Waals surface area contributed by atoms with E-state index >= 15 is 0 Å². The van der Waals surface area contributed by atoms with Gasteiger partial charge in [0.15, 0.2) is 0 Å². The first-order chi connectivity index (χ1) is 13.5. The van der Waals surface area contributed by atoms with Crippen molar-refractivity contribution in [3.05, 3.63) is 58.9 Å². The number of methoxy groups -OCH3 is 1. The van der Waals surface area contributed by atoms with Gasteiger partial charge in [0.1, 0.15) is 18.1 Å². The number of fused-ring (bicyclic) bond motifs is 1. The number of nitrogens with one attached hydrogen (secondary N) is 2. The monoisotopic (exact) mass is 382 g/mol. The third-order valence-electron chi connectivity index (χ3n) is 4.72. The van der Waals surface area contributed by atoms with E-state index in [-0.39, 0.29) is 6.61 Å². The summed E-state index contributed by atoms with van der Waals surface area (Å²) in [4.78, 5) is 16.6. The Morgan fingerprint density at radius 1 is 1.11 bits per heavy atom. The maximum atomic E-state index is 12.0. The molecule has 0 unspecified atom stereocenters. The molecule has 0 saturated carbocycles. The second kappa shape index (κ2) is 8.75. The number of carbonyl (C=O) groups excluding carboxylic acids is 1. The summed E-state index contributed by atoms with van der Waals surface area (Å²) in [5.74, 6) is 0.951. The Balaban J connectivity index is 1.79. The Kier molecular flexibility index (Phi) is 6.16. The van der Waals surface area contributed by atoms with Crippen LogP contribution in [-0.4, -0.2) is 35.8 Å². The van der Waals surface area contributed by atoms with Gasteiger partial charge in [-0.25, -0.2) is 9.78 Å². The quantitative estimate of drug-likeness (QED) is 0.603. The van der Waals surface area contributed by atoms with Crippen LogP contribution in [0.2, 0.25) is 0 Å². The van der Waals surface area contributed by atoms with Crippen LogP contribution in [0.25, 0.3) is 5.65 Å². The predicted molar refractivity (Wildman–Crippen MR) is 110 cm³/mol. The Morgan fingerprint density at radius 2 is 1.89 bits per heavy atom. The zero-order chi connectivity index (χ0) is 20.1. The van der Waals surface area contributed by atoms with Crippen molar-refractivity contribution in [3.63, 3.8) is 0 Å². The number of pyridine rings is 1. The van der Waals surface area contributed by atoms with Gasteiger partial charge in [-0.15, -0.1) is 0 Å². The van der Waals surface area contributed by atoms with Crippen molar-refractivity contribution >= 4 is 23.2 Å². The van der Waals surface area contributed by atoms with Gasteiger partial charge in [-0.05, 0) is 50.1 Å². The number of ether oxygens (including phenoxy) is 2. The Labute approximate surface area is 164 Å². The molecule has 3 aromatic rings. The normalized spacial score (nSPS) is 10.9. The van der Waals surface area contributed by atoms with Crippen LogP contribution in [0.15, 0.2) is 36.4 Å². The molecule has 0 aliphatic heterocycles. The van der Waals surface area contributed by atoms with E-state index in [9.17, 15) is 4.79 Å². The van der Waals surface area contributed by atoms with Crippen LogP contribution in [0.5, 0.6) is 0 Å². The Bertz CT molecular complexity index is 981. The molecule has 0 aliphatic carbocycles. The van der Waals surface area contributed by atoms with Gasteiger partial charge in [-0.2, -0.15) is 0 Å². The minimum Gasteiger partial charge on any atom is -0.447 e. The van der Waals surface area contributed by atoms with E-state index in [1.165, 1.54) is 0 Å². The van der Waals surface area contributed by atoms with Crippen LogP contribution in [0.1, 0.15) is 22.5 Å². The lowest BCUT2D eigenvalue weighted by Crippen LogP contribution is -2.18. The molecule has 0 atom stereocenters. The zero-order valence-electron chi connectivity index (χ0n) is 16.7. The third kappa shape index (κ3) is 4.26. The smallest absolute Gasteiger partial charge is 0.411 e. The first-order valence-electron chi connectivity index (χ1n) is 9.21. The lowest BCUT2D eigenvalue weighted by Gasteiger charge is -2.16. The highest BCUT2D eigenvalue weighted by Gasteiger charge is 2.12. The number of hydrogen-bond acceptors (Lipinski definition) is 5. The molecule has 0 radical (unpaired) electrons. The van der Waals surface area contributed by atoms with Gasteiger partial charge in [0.2, 0.25) is 0 Å². The van der Waals surface area contributed by atoms with Crippen LogP contribution in [0.4, 0.5) is 16.3 Å². The van der Waals surface area contributed by atoms with Gasteiger partial charge in [0.25, 0.3) is 0 Å². The lowest BCUT2D eigenvalue weighted by molar-refractivity contribution is 0.107. The van der Waals surface area contributed by atoms with Crippen LogP contribution < -0.4 is 10.6 Å². The number of benzene rings is 1. The molecule has 1 aromatic carbocycles. The molecule has 148 valence electrons. The van der Waals surface area contributed by atoms with E-state index in [4.69, 9.17) is 9.47 Å². The van der Waals surface area contributed by atoms with E-state index in [1.54, 1.807) is 7.11 Å². The number of rotatable bonds is 7. The number of aromatic nitrogens is 2. The highest BCUT2D eigenvalue weighted by molar-refractivity contribution is 5.86. The fraction of sp³-hybridized carbons (Fsp3) is 0.333. The van der Waals surface area contributed by atoms with E-state index in [0.29, 0.717) is 13.2 Å². The van der Waals surface area contributed by atoms with Gasteiger partial charge in [-0.3, -0.25) is 9.72 Å². The number of nitrogens with zero attached hydrogens (tertiary/aromatic N) is 2. The largest absolute Gasteiger partial charge is 0.447 e. The summed E-state index contributed by atoms with van der Waals surface area (Å²) in [5, 5.41) is 6.30. The summed E-state index contributed by atoms with van der Waals surface area (Å²) >= 11 is 0. The third-order valence-corrected chi connectivity index (χ3v) is 4.72. The Hall–Kier alpha value is -3.06. The number of amides is 1. The van der Waals surface area contributed by atoms with Gasteiger partial charge in [0.05, 0.1) is 12.3 Å². The van der Waals surface area contributed by atoms with E-state index in [1.807, 2.05) is 50.2 Å². The highest BCUT2D eigenvalue weighted by Crippen LogP contribution is 2.23. The molecule has 3 rings (SSSR count). The number of imidazole rings is 1. The van der Waals surface area contributed by atoms with Gasteiger partial charge in [0, 0.05) is 25.0 Å². The van der Waals surface area contributed by atoms with Crippen molar-refractivity contribution in [2.45, 2.75) is 27.3 Å². The summed E-state index contributed by atoms with van der Waals surface area (Å²) in [6.45, 7) is 7.20. The molecule has 0 aliphatic rings. The van der Waals surface area contributed by atoms with Crippen molar-refractivity contribution in [2.24, 2.45) is 0 Å². The van der Waals surface area contributed by atoms with E-state index in [0.717, 1.165) is 39.7 Å². The summed E-state index contributed by atoms with van der Waals surface area (Å²) in [5.41, 5.74) is 5.81. The number of aryl methyl sites for hydroxylation is 3. The summed E-state index contributed by atoms with van der Waals surface area (Å²) in [7, 11) is 1.57. The van der Waals surface area contributed by atoms with Gasteiger partial charge in [-0.1, -0.05) is 18.2 Å². The van der Waals surface area contributed by atoms with Crippen molar-refractivity contribution in [3.8, 4) is 0 Å². The fourth-order valence-electron chi connectivity index (χ4n) is 3.09. The first kappa shape index (κ1) is 19.7. The molecule has 2 heterocycles. The maximum Gasteiger partial charge on any atom is 0.411 e. The molecule has 0 spiro atoms. The van der Waals surface area contributed by atoms with E-state index in [2.05, 4.69) is 26.9 Å². The summed E-state index contributed by atoms with van der Waals surface area (Å²) in [6, 6.07) is 11.8. The van der Waals surface area contributed by atoms with Crippen molar-refractivity contribution in [1.82, 2.24) is 9.38 Å². The molecular weight excluding hydrogens is 356 g/mol. The first-order valence-corrected chi connectivity index (χ1v) is 9.21. The van der Waals surface area contributed by atoms with Crippen molar-refractivity contribution in [1.29, 1.82) is 0 Å². The van der Waals surface area contributed by atoms with E-state index < -0.39 is 6.09 Å². The summed E-state index contributed by atoms with van der Waals surface area (Å²) < 4.78 is 12.1. The van der Waals surface area contributed by atoms with Crippen LogP contribution >= 0.6 is 0 Å². The molecule has 2 N–H and O–H groups in total. The van der Waals surface area contributed by atoms with Crippen LogP contribution in [-0.2, 0) is 16.0 Å². The molecule has 2 aromatic heterocycles. The molecule has 0 fully saturated rings. The molecule has 7 heteroatoms. The zero-order valence-corrected chi connectivity index (χ0v) is 16.7. The van der Waals surface area contributed by atoms with Crippen LogP contribution in [0.3, 0.4) is 0 Å². The second-order valence-corrected chi connectivity index (χ2v) is 6.60. The predicted octanol–water partition coefficient (Wildman–Crippen LogP) is 4.07. The number of hydrogen-bond donors (Lipinski definition) is 2. The molecular formula is C21H26N4O3. The van der Waals surface area contributed by atoms with Gasteiger partial charge >= 0.3 is 6.09 Å². The Morgan fingerprint density at radius 3 is 2.68 bits per heavy atom. The molecule has 28 heavy (non-hydrogen) atoms. The van der Waals surface area contributed by atoms with Crippen molar-refractivity contribution < 1.29 is 14.3 Å². The average Bonchev–Trinajstić information content (AvgIpc) is 2.96. The average molecular weight is 382 g/mol. The number of carbonyl (C=O) groups is 1. The SMILES string of the molecule is COCCOC(=O)Nc1cccc(C)c1CNc1cccc2nc(C)c(C)n12. The lowest BCUT2D eigenvalue weighted by atomic mass is 10.1. The maximum absolute atomic E-state index is 12.0. The topological polar surface area (TPSA) is 76.9 Å². The summed E-state index contributed by atoms with van der Waals surface area (Å²) in [6.07, 6.45) is -0.493. The standard InChI is InChI=1S/C21H26N4O3/c1-14-7-5-8-18(24-21(26)28-12-11-27-4)17(14)13-22-19-9-6-10-20-23-15(2)16(3)25(19)20/h5-10,22H,11-13H2,1-4H3,(H,24,26). The highest BCUT2D eigenvalue weighted by atomic mass is 16.6. The fourth-order valence-corrected chi connectivity index (χ4v) is 3.09. The van der Waals surface area contributed by atoms with Crippen molar-refractivity contribution in [2.75, 3.05) is 31.0 Å². The molecule has 0 bridgehead atoms. The minimum absolute atomic E-state index is 0.211. The van der Waals surface area contributed by atoms with Crippen LogP contribution in [0, 0.1) is 20.8 Å². The molecule has 7 nitrogen and oxygen atoms in total. The molecule has 0 saturated heterocycles. The molecule has 1 amide bonds. The number of anilines is 2. The van der Waals surface area contributed by atoms with Gasteiger partial charge < -0.3 is 14.8 Å². The minimum atomic E-state index is -0.493.